The van der Waals surface area contributed by atoms with Crippen molar-refractivity contribution in [2.75, 3.05) is 0 Å². The summed E-state index contributed by atoms with van der Waals surface area (Å²) in [4.78, 5) is 67.1. The Morgan fingerprint density at radius 1 is 1.09 bits per heavy atom. The number of benzene rings is 1. The summed E-state index contributed by atoms with van der Waals surface area (Å²) in [7, 11) is 0. The third-order valence-corrected chi connectivity index (χ3v) is 6.37. The number of cyclic esters (lactones) is 1. The maximum absolute atomic E-state index is 13.3. The molecule has 1 saturated heterocycles. The van der Waals surface area contributed by atoms with Crippen LogP contribution in [0.3, 0.4) is 0 Å². The predicted molar refractivity (Wildman–Crippen MR) is 123 cm³/mol. The molecule has 4 rings (SSSR count). The fraction of sp³-hybridized carbons (Fsp3) is 0.360. The SMILES string of the molecule is CC(C(=O)NC1CC(=O)OC1O)C1CC=CCC(NC(=O)C(=O)c2nccc3ccccc23)C1=O. The van der Waals surface area contributed by atoms with E-state index in [0.29, 0.717) is 5.39 Å². The van der Waals surface area contributed by atoms with Crippen LogP contribution in [0.2, 0.25) is 0 Å². The number of esters is 1. The van der Waals surface area contributed by atoms with Crippen molar-refractivity contribution in [2.24, 2.45) is 11.8 Å². The first-order valence-corrected chi connectivity index (χ1v) is 11.3. The van der Waals surface area contributed by atoms with Crippen LogP contribution in [0.5, 0.6) is 0 Å². The van der Waals surface area contributed by atoms with Gasteiger partial charge in [0.05, 0.1) is 12.5 Å². The van der Waals surface area contributed by atoms with Crippen molar-refractivity contribution in [3.8, 4) is 0 Å². The molecule has 2 aromatic rings. The molecule has 2 amide bonds. The normalized spacial score (nSPS) is 25.0. The van der Waals surface area contributed by atoms with Crippen LogP contribution in [-0.2, 0) is 23.9 Å². The number of ketones is 2. The highest BCUT2D eigenvalue weighted by Gasteiger charge is 2.39. The lowest BCUT2D eigenvalue weighted by atomic mass is 9.84. The number of nitrogens with one attached hydrogen (secondary N) is 2. The number of carbonyl (C=O) groups excluding carboxylic acids is 5. The first-order chi connectivity index (χ1) is 16.8. The number of pyridine rings is 1. The zero-order chi connectivity index (χ0) is 25.1. The Bertz CT molecular complexity index is 1220. The monoisotopic (exact) mass is 479 g/mol. The molecule has 1 aliphatic heterocycles. The number of amides is 2. The van der Waals surface area contributed by atoms with Crippen LogP contribution in [0, 0.1) is 11.8 Å². The van der Waals surface area contributed by atoms with Crippen LogP contribution in [0.1, 0.15) is 36.7 Å². The van der Waals surface area contributed by atoms with Gasteiger partial charge in [0.1, 0.15) is 11.7 Å². The summed E-state index contributed by atoms with van der Waals surface area (Å²) in [5.41, 5.74) is -0.00611. The van der Waals surface area contributed by atoms with Gasteiger partial charge in [-0.15, -0.1) is 0 Å². The minimum Gasteiger partial charge on any atom is -0.434 e. The molecule has 35 heavy (non-hydrogen) atoms. The molecule has 1 aliphatic carbocycles. The van der Waals surface area contributed by atoms with Gasteiger partial charge in [0, 0.05) is 23.4 Å². The Balaban J connectivity index is 1.45. The van der Waals surface area contributed by atoms with Crippen LogP contribution in [0.4, 0.5) is 0 Å². The van der Waals surface area contributed by atoms with Crippen molar-refractivity contribution < 1.29 is 33.8 Å². The zero-order valence-corrected chi connectivity index (χ0v) is 19.0. The smallest absolute Gasteiger partial charge is 0.310 e. The molecule has 10 nitrogen and oxygen atoms in total. The summed E-state index contributed by atoms with van der Waals surface area (Å²) >= 11 is 0. The fourth-order valence-corrected chi connectivity index (χ4v) is 4.34. The fourth-order valence-electron chi connectivity index (χ4n) is 4.34. The topological polar surface area (TPSA) is 152 Å². The van der Waals surface area contributed by atoms with Gasteiger partial charge in [-0.2, -0.15) is 0 Å². The van der Waals surface area contributed by atoms with Gasteiger partial charge in [-0.05, 0) is 24.3 Å². The van der Waals surface area contributed by atoms with Gasteiger partial charge < -0.3 is 20.5 Å². The second-order valence-electron chi connectivity index (χ2n) is 8.68. The number of carbonyl (C=O) groups is 5. The number of aromatic nitrogens is 1. The second-order valence-corrected chi connectivity index (χ2v) is 8.68. The van der Waals surface area contributed by atoms with E-state index < -0.39 is 53.8 Å². The van der Waals surface area contributed by atoms with Gasteiger partial charge in [0.2, 0.25) is 12.2 Å². The third-order valence-electron chi connectivity index (χ3n) is 6.37. The number of allylic oxidation sites excluding steroid dienone is 1. The molecule has 2 aliphatic rings. The molecule has 5 unspecified atom stereocenters. The summed E-state index contributed by atoms with van der Waals surface area (Å²) in [5.74, 6) is -4.95. The predicted octanol–water partition coefficient (Wildman–Crippen LogP) is 0.824. The maximum Gasteiger partial charge on any atom is 0.310 e. The van der Waals surface area contributed by atoms with E-state index in [4.69, 9.17) is 0 Å². The molecule has 182 valence electrons. The van der Waals surface area contributed by atoms with E-state index in [-0.39, 0.29) is 30.7 Å². The Morgan fingerprint density at radius 3 is 2.57 bits per heavy atom. The van der Waals surface area contributed by atoms with Crippen LogP contribution in [-0.4, -0.2) is 57.8 Å². The minimum atomic E-state index is -1.44. The largest absolute Gasteiger partial charge is 0.434 e. The van der Waals surface area contributed by atoms with Gasteiger partial charge in [0.15, 0.2) is 5.78 Å². The van der Waals surface area contributed by atoms with E-state index in [2.05, 4.69) is 20.4 Å². The van der Waals surface area contributed by atoms with Crippen molar-refractivity contribution in [3.05, 3.63) is 54.4 Å². The zero-order valence-electron chi connectivity index (χ0n) is 19.0. The number of rotatable bonds is 6. The number of hydrogen-bond acceptors (Lipinski definition) is 8. The van der Waals surface area contributed by atoms with Gasteiger partial charge in [-0.1, -0.05) is 43.3 Å². The number of aliphatic hydroxyl groups is 1. The third kappa shape index (κ3) is 5.12. The van der Waals surface area contributed by atoms with Crippen molar-refractivity contribution in [1.82, 2.24) is 15.6 Å². The van der Waals surface area contributed by atoms with E-state index in [1.807, 2.05) is 6.07 Å². The molecule has 1 aromatic carbocycles. The Labute approximate surface area is 200 Å². The maximum atomic E-state index is 13.3. The summed E-state index contributed by atoms with van der Waals surface area (Å²) in [5, 5.41) is 16.1. The first kappa shape index (κ1) is 24.2. The summed E-state index contributed by atoms with van der Waals surface area (Å²) in [6.45, 7) is 1.56. The molecule has 3 N–H and O–H groups in total. The highest BCUT2D eigenvalue weighted by atomic mass is 16.6. The van der Waals surface area contributed by atoms with Crippen LogP contribution >= 0.6 is 0 Å². The van der Waals surface area contributed by atoms with E-state index in [1.54, 1.807) is 43.3 Å². The summed E-state index contributed by atoms with van der Waals surface area (Å²) in [6.07, 6.45) is 3.76. The first-order valence-electron chi connectivity index (χ1n) is 11.3. The van der Waals surface area contributed by atoms with Crippen LogP contribution in [0.25, 0.3) is 10.8 Å². The molecule has 1 aromatic heterocycles. The summed E-state index contributed by atoms with van der Waals surface area (Å²) < 4.78 is 4.63. The summed E-state index contributed by atoms with van der Waals surface area (Å²) in [6, 6.07) is 6.88. The number of nitrogens with zero attached hydrogens (tertiary/aromatic N) is 1. The number of ether oxygens (including phenoxy) is 1. The van der Waals surface area contributed by atoms with E-state index in [1.165, 1.54) is 6.20 Å². The number of hydrogen-bond donors (Lipinski definition) is 3. The molecule has 0 saturated carbocycles. The average Bonchev–Trinajstić information content (AvgIpc) is 3.05. The van der Waals surface area contributed by atoms with Crippen LogP contribution in [0.15, 0.2) is 48.7 Å². The lowest BCUT2D eigenvalue weighted by molar-refractivity contribution is -0.155. The quantitative estimate of drug-likeness (QED) is 0.238. The van der Waals surface area contributed by atoms with Crippen molar-refractivity contribution in [1.29, 1.82) is 0 Å². The molecule has 5 atom stereocenters. The van der Waals surface area contributed by atoms with E-state index >= 15 is 0 Å². The molecule has 1 fully saturated rings. The molecule has 10 heteroatoms. The van der Waals surface area contributed by atoms with Crippen molar-refractivity contribution in [2.45, 2.75) is 44.6 Å². The molecular formula is C25H25N3O7. The molecule has 2 heterocycles. The number of fused-ring (bicyclic) bond motifs is 1. The Kier molecular flexibility index (Phi) is 7.02. The van der Waals surface area contributed by atoms with Crippen molar-refractivity contribution >= 4 is 40.1 Å². The number of aliphatic hydroxyl groups excluding tert-OH is 1. The van der Waals surface area contributed by atoms with E-state index in [0.717, 1.165) is 5.39 Å². The van der Waals surface area contributed by atoms with Crippen molar-refractivity contribution in [3.63, 3.8) is 0 Å². The van der Waals surface area contributed by atoms with Gasteiger partial charge in [-0.25, -0.2) is 0 Å². The number of Topliss-reactive ketones (excluding diaryl/α,β-unsaturated/α-hetero) is 2. The highest BCUT2D eigenvalue weighted by molar-refractivity contribution is 6.44. The standard InChI is InChI=1S/C25H25N3O7/c1-13(23(32)28-18-12-19(29)35-25(18)34)15-7-4-5-9-17(21(15)30)27-24(33)22(31)20-16-8-3-2-6-14(16)10-11-26-20/h2-6,8,10-11,13,15,17-18,25,34H,7,9,12H2,1H3,(H,27,33)(H,28,32). The Morgan fingerprint density at radius 2 is 1.83 bits per heavy atom. The lowest BCUT2D eigenvalue weighted by Gasteiger charge is -2.25. The minimum absolute atomic E-state index is 0.00611. The van der Waals surface area contributed by atoms with Crippen LogP contribution < -0.4 is 10.6 Å². The van der Waals surface area contributed by atoms with Gasteiger partial charge in [-0.3, -0.25) is 29.0 Å². The second kappa shape index (κ2) is 10.1. The average molecular weight is 479 g/mol. The van der Waals surface area contributed by atoms with Gasteiger partial charge >= 0.3 is 5.97 Å². The molecular weight excluding hydrogens is 454 g/mol. The highest BCUT2D eigenvalue weighted by Crippen LogP contribution is 2.25. The molecule has 0 radical (unpaired) electrons. The molecule has 0 bridgehead atoms. The molecule has 0 spiro atoms. The van der Waals surface area contributed by atoms with E-state index in [9.17, 15) is 29.1 Å². The Hall–Kier alpha value is -3.92. The van der Waals surface area contributed by atoms with Gasteiger partial charge in [0.25, 0.3) is 11.7 Å². The lowest BCUT2D eigenvalue weighted by Crippen LogP contribution is -2.49.